The van der Waals surface area contributed by atoms with Crippen molar-refractivity contribution in [2.24, 2.45) is 0 Å². The highest BCUT2D eigenvalue weighted by Crippen LogP contribution is 2.10. The molecule has 0 unspecified atom stereocenters. The Labute approximate surface area is 129 Å². The van der Waals surface area contributed by atoms with Crippen LogP contribution in [0.25, 0.3) is 0 Å². The van der Waals surface area contributed by atoms with Crippen LogP contribution < -0.4 is 5.32 Å². The number of rotatable bonds is 6. The second kappa shape index (κ2) is 7.78. The Morgan fingerprint density at radius 3 is 2.09 bits per heavy atom. The number of benzene rings is 2. The van der Waals surface area contributed by atoms with Crippen molar-refractivity contribution in [2.75, 3.05) is 0 Å². The highest BCUT2D eigenvalue weighted by atomic mass is 16.4. The zero-order valence-electron chi connectivity index (χ0n) is 12.0. The fourth-order valence-corrected chi connectivity index (χ4v) is 2.00. The van der Waals surface area contributed by atoms with Gasteiger partial charge in [0.15, 0.2) is 0 Å². The van der Waals surface area contributed by atoms with Crippen LogP contribution in [0.1, 0.15) is 16.7 Å². The lowest BCUT2D eigenvalue weighted by Gasteiger charge is -2.05. The average molecular weight is 295 g/mol. The predicted molar refractivity (Wildman–Crippen MR) is 84.3 cm³/mol. The van der Waals surface area contributed by atoms with E-state index in [1.165, 1.54) is 11.1 Å². The fourth-order valence-electron chi connectivity index (χ4n) is 2.00. The van der Waals surface area contributed by atoms with Gasteiger partial charge in [-0.05, 0) is 23.1 Å². The quantitative estimate of drug-likeness (QED) is 0.805. The molecule has 4 heteroatoms. The van der Waals surface area contributed by atoms with E-state index in [1.807, 2.05) is 42.5 Å². The third kappa shape index (κ3) is 5.25. The first-order valence-corrected chi connectivity index (χ1v) is 6.94. The van der Waals surface area contributed by atoms with Crippen molar-refractivity contribution >= 4 is 11.9 Å². The molecular weight excluding hydrogens is 278 g/mol. The van der Waals surface area contributed by atoms with Gasteiger partial charge in [0.2, 0.25) is 5.91 Å². The van der Waals surface area contributed by atoms with Crippen molar-refractivity contribution in [3.05, 3.63) is 83.4 Å². The van der Waals surface area contributed by atoms with E-state index in [4.69, 9.17) is 5.11 Å². The number of nitrogens with one attached hydrogen (secondary N) is 1. The summed E-state index contributed by atoms with van der Waals surface area (Å²) in [5, 5.41) is 11.1. The first-order chi connectivity index (χ1) is 10.6. The molecule has 0 saturated carbocycles. The van der Waals surface area contributed by atoms with E-state index in [-0.39, 0.29) is 0 Å². The second-order valence-electron chi connectivity index (χ2n) is 4.87. The SMILES string of the molecule is O=C(O)/C=C\C(=O)NCc1ccc(Cc2ccccc2)cc1. The van der Waals surface area contributed by atoms with Crippen LogP contribution >= 0.6 is 0 Å². The van der Waals surface area contributed by atoms with Crippen LogP contribution in [0, 0.1) is 0 Å². The highest BCUT2D eigenvalue weighted by molar-refractivity contribution is 5.93. The molecule has 0 fully saturated rings. The molecule has 0 aliphatic rings. The van der Waals surface area contributed by atoms with Crippen LogP contribution in [0.4, 0.5) is 0 Å². The van der Waals surface area contributed by atoms with Crippen LogP contribution in [0.3, 0.4) is 0 Å². The Bertz CT molecular complexity index is 660. The molecule has 2 rings (SSSR count). The third-order valence-corrected chi connectivity index (χ3v) is 3.12. The Hall–Kier alpha value is -2.88. The van der Waals surface area contributed by atoms with Gasteiger partial charge in [-0.1, -0.05) is 54.6 Å². The van der Waals surface area contributed by atoms with E-state index >= 15 is 0 Å². The minimum Gasteiger partial charge on any atom is -0.478 e. The minimum atomic E-state index is -1.14. The number of carboxylic acids is 1. The van der Waals surface area contributed by atoms with E-state index in [0.29, 0.717) is 6.54 Å². The molecular formula is C18H17NO3. The number of hydrogen-bond acceptors (Lipinski definition) is 2. The lowest BCUT2D eigenvalue weighted by Crippen LogP contribution is -2.20. The maximum absolute atomic E-state index is 11.4. The van der Waals surface area contributed by atoms with Crippen LogP contribution in [0.15, 0.2) is 66.7 Å². The molecule has 0 radical (unpaired) electrons. The van der Waals surface area contributed by atoms with Gasteiger partial charge in [0.05, 0.1) is 0 Å². The van der Waals surface area contributed by atoms with Crippen molar-refractivity contribution in [3.8, 4) is 0 Å². The highest BCUT2D eigenvalue weighted by Gasteiger charge is 1.99. The first-order valence-electron chi connectivity index (χ1n) is 6.94. The van der Waals surface area contributed by atoms with Crippen molar-refractivity contribution in [1.29, 1.82) is 0 Å². The largest absolute Gasteiger partial charge is 0.478 e. The number of amides is 1. The first kappa shape index (κ1) is 15.5. The molecule has 0 aromatic heterocycles. The van der Waals surface area contributed by atoms with Gasteiger partial charge in [0.25, 0.3) is 0 Å². The summed E-state index contributed by atoms with van der Waals surface area (Å²) >= 11 is 0. The summed E-state index contributed by atoms with van der Waals surface area (Å²) in [6.45, 7) is 0.369. The lowest BCUT2D eigenvalue weighted by atomic mass is 10.0. The Morgan fingerprint density at radius 1 is 0.864 bits per heavy atom. The molecule has 4 nitrogen and oxygen atoms in total. The molecule has 0 aliphatic heterocycles. The van der Waals surface area contributed by atoms with E-state index in [9.17, 15) is 9.59 Å². The van der Waals surface area contributed by atoms with Gasteiger partial charge in [0, 0.05) is 18.7 Å². The van der Waals surface area contributed by atoms with Gasteiger partial charge in [0.1, 0.15) is 0 Å². The average Bonchev–Trinajstić information content (AvgIpc) is 2.53. The van der Waals surface area contributed by atoms with E-state index < -0.39 is 11.9 Å². The van der Waals surface area contributed by atoms with Crippen LogP contribution in [-0.4, -0.2) is 17.0 Å². The standard InChI is InChI=1S/C18H17NO3/c20-17(10-11-18(21)22)19-13-16-8-6-15(7-9-16)12-14-4-2-1-3-5-14/h1-11H,12-13H2,(H,19,20)(H,21,22)/b11-10-. The summed E-state index contributed by atoms with van der Waals surface area (Å²) in [6, 6.07) is 18.2. The molecule has 1 amide bonds. The maximum atomic E-state index is 11.4. The summed E-state index contributed by atoms with van der Waals surface area (Å²) in [6.07, 6.45) is 2.69. The zero-order chi connectivity index (χ0) is 15.8. The molecule has 0 spiro atoms. The van der Waals surface area contributed by atoms with Gasteiger partial charge < -0.3 is 10.4 Å². The number of aliphatic carboxylic acids is 1. The number of carbonyl (C=O) groups excluding carboxylic acids is 1. The number of hydrogen-bond donors (Lipinski definition) is 2. The number of carbonyl (C=O) groups is 2. The molecule has 2 aromatic rings. The topological polar surface area (TPSA) is 66.4 Å². The summed E-state index contributed by atoms with van der Waals surface area (Å²) in [5.74, 6) is -1.56. The van der Waals surface area contributed by atoms with Gasteiger partial charge >= 0.3 is 5.97 Å². The summed E-state index contributed by atoms with van der Waals surface area (Å²) in [7, 11) is 0. The minimum absolute atomic E-state index is 0.369. The summed E-state index contributed by atoms with van der Waals surface area (Å²) in [5.41, 5.74) is 3.42. The van der Waals surface area contributed by atoms with Crippen LogP contribution in [-0.2, 0) is 22.6 Å². The molecule has 0 aliphatic carbocycles. The molecule has 2 aromatic carbocycles. The molecule has 0 saturated heterocycles. The van der Waals surface area contributed by atoms with E-state index in [1.54, 1.807) is 0 Å². The molecule has 0 heterocycles. The van der Waals surface area contributed by atoms with E-state index in [0.717, 1.165) is 24.1 Å². The maximum Gasteiger partial charge on any atom is 0.328 e. The zero-order valence-corrected chi connectivity index (χ0v) is 12.0. The lowest BCUT2D eigenvalue weighted by molar-refractivity contribution is -0.131. The van der Waals surface area contributed by atoms with Gasteiger partial charge in [-0.25, -0.2) is 4.79 Å². The van der Waals surface area contributed by atoms with Crippen molar-refractivity contribution in [3.63, 3.8) is 0 Å². The van der Waals surface area contributed by atoms with Gasteiger partial charge in [-0.2, -0.15) is 0 Å². The molecule has 0 bridgehead atoms. The Kier molecular flexibility index (Phi) is 5.49. The molecule has 112 valence electrons. The summed E-state index contributed by atoms with van der Waals surface area (Å²) < 4.78 is 0. The monoisotopic (exact) mass is 295 g/mol. The smallest absolute Gasteiger partial charge is 0.328 e. The normalized spacial score (nSPS) is 10.5. The summed E-state index contributed by atoms with van der Waals surface area (Å²) in [4.78, 5) is 21.7. The molecule has 22 heavy (non-hydrogen) atoms. The van der Waals surface area contributed by atoms with Crippen LogP contribution in [0.5, 0.6) is 0 Å². The molecule has 0 atom stereocenters. The fraction of sp³-hybridized carbons (Fsp3) is 0.111. The van der Waals surface area contributed by atoms with Crippen molar-refractivity contribution < 1.29 is 14.7 Å². The number of carboxylic acid groups (broad SMARTS) is 1. The Morgan fingerprint density at radius 2 is 1.45 bits per heavy atom. The van der Waals surface area contributed by atoms with Crippen molar-refractivity contribution in [1.82, 2.24) is 5.32 Å². The Balaban J connectivity index is 1.87. The van der Waals surface area contributed by atoms with Crippen molar-refractivity contribution in [2.45, 2.75) is 13.0 Å². The molecule has 2 N–H and O–H groups in total. The second-order valence-corrected chi connectivity index (χ2v) is 4.87. The van der Waals surface area contributed by atoms with Crippen LogP contribution in [0.2, 0.25) is 0 Å². The van der Waals surface area contributed by atoms with Gasteiger partial charge in [-0.3, -0.25) is 4.79 Å². The third-order valence-electron chi connectivity index (χ3n) is 3.12. The van der Waals surface area contributed by atoms with E-state index in [2.05, 4.69) is 17.4 Å². The predicted octanol–water partition coefficient (Wildman–Crippen LogP) is 2.53. The van der Waals surface area contributed by atoms with Gasteiger partial charge in [-0.15, -0.1) is 0 Å².